The maximum atomic E-state index is 13.5. The van der Waals surface area contributed by atoms with E-state index < -0.39 is 40.0 Å². The second-order valence-corrected chi connectivity index (χ2v) is 9.53. The van der Waals surface area contributed by atoms with Crippen molar-refractivity contribution in [2.24, 2.45) is 5.10 Å². The van der Waals surface area contributed by atoms with Gasteiger partial charge in [-0.15, -0.1) is 0 Å². The quantitative estimate of drug-likeness (QED) is 0.280. The van der Waals surface area contributed by atoms with Crippen LogP contribution in [-0.2, 0) is 21.0 Å². The summed E-state index contributed by atoms with van der Waals surface area (Å²) in [6.07, 6.45) is -3.83. The molecule has 1 aliphatic rings. The van der Waals surface area contributed by atoms with Crippen LogP contribution in [0, 0.1) is 5.82 Å². The van der Waals surface area contributed by atoms with E-state index in [9.17, 15) is 30.8 Å². The van der Waals surface area contributed by atoms with Crippen LogP contribution < -0.4 is 19.2 Å². The van der Waals surface area contributed by atoms with Crippen molar-refractivity contribution in [1.82, 2.24) is 5.43 Å². The molecule has 0 atom stereocenters. The number of halogens is 4. The van der Waals surface area contributed by atoms with E-state index in [1.807, 2.05) is 5.43 Å². The minimum absolute atomic E-state index is 0.0298. The number of carbonyl (C=O) groups is 1. The van der Waals surface area contributed by atoms with Crippen LogP contribution in [0.15, 0.2) is 76.7 Å². The summed E-state index contributed by atoms with van der Waals surface area (Å²) in [5, 5.41) is 3.55. The Kier molecular flexibility index (Phi) is 7.34. The number of alkyl halides is 3. The Morgan fingerprint density at radius 1 is 1.00 bits per heavy atom. The van der Waals surface area contributed by atoms with Crippen molar-refractivity contribution in [1.29, 1.82) is 0 Å². The second-order valence-electron chi connectivity index (χ2n) is 7.67. The molecule has 0 fully saturated rings. The highest BCUT2D eigenvalue weighted by Crippen LogP contribution is 2.34. The molecule has 0 unspecified atom stereocenters. The van der Waals surface area contributed by atoms with Gasteiger partial charge in [-0.3, -0.25) is 9.10 Å². The average molecular weight is 537 g/mol. The second kappa shape index (κ2) is 10.5. The summed E-state index contributed by atoms with van der Waals surface area (Å²) < 4.78 is 91.5. The van der Waals surface area contributed by atoms with Gasteiger partial charge < -0.3 is 9.47 Å². The van der Waals surface area contributed by atoms with E-state index in [2.05, 4.69) is 5.10 Å². The van der Waals surface area contributed by atoms with Crippen molar-refractivity contribution in [3.8, 4) is 11.5 Å². The van der Waals surface area contributed by atoms with Gasteiger partial charge in [-0.25, -0.2) is 18.2 Å². The number of fused-ring (bicyclic) bond motifs is 1. The highest BCUT2D eigenvalue weighted by molar-refractivity contribution is 7.92. The number of hydrogen-bond donors (Lipinski definition) is 1. The lowest BCUT2D eigenvalue weighted by Gasteiger charge is -2.25. The first-order chi connectivity index (χ1) is 17.6. The molecule has 0 bridgehead atoms. The van der Waals surface area contributed by atoms with Crippen molar-refractivity contribution in [3.63, 3.8) is 0 Å². The smallest absolute Gasteiger partial charge is 0.417 e. The number of hydrazone groups is 1. The molecule has 37 heavy (non-hydrogen) atoms. The minimum Gasteiger partial charge on any atom is -0.486 e. The first kappa shape index (κ1) is 25.9. The zero-order valence-corrected chi connectivity index (χ0v) is 19.7. The first-order valence-corrected chi connectivity index (χ1v) is 12.2. The van der Waals surface area contributed by atoms with E-state index in [0.717, 1.165) is 30.5 Å². The van der Waals surface area contributed by atoms with E-state index in [4.69, 9.17) is 9.47 Å². The number of rotatable bonds is 7. The van der Waals surface area contributed by atoms with Crippen LogP contribution in [0.1, 0.15) is 11.1 Å². The molecular formula is C24H19F4N3O5S. The van der Waals surface area contributed by atoms with E-state index in [1.165, 1.54) is 42.5 Å². The van der Waals surface area contributed by atoms with Crippen molar-refractivity contribution in [3.05, 3.63) is 83.7 Å². The molecule has 8 nitrogen and oxygen atoms in total. The number of amides is 1. The fraction of sp³-hybridized carbons (Fsp3) is 0.167. The molecule has 0 spiro atoms. The summed E-state index contributed by atoms with van der Waals surface area (Å²) in [5.74, 6) is -1.03. The molecule has 13 heteroatoms. The number of carbonyl (C=O) groups excluding carboxylic acids is 1. The molecule has 0 saturated heterocycles. The Morgan fingerprint density at radius 3 is 2.38 bits per heavy atom. The molecule has 0 radical (unpaired) electrons. The van der Waals surface area contributed by atoms with E-state index in [1.54, 1.807) is 0 Å². The summed E-state index contributed by atoms with van der Waals surface area (Å²) in [6.45, 7) is -0.286. The molecule has 1 amide bonds. The maximum absolute atomic E-state index is 13.5. The molecule has 1 aliphatic heterocycles. The van der Waals surface area contributed by atoms with E-state index in [-0.39, 0.29) is 28.5 Å². The van der Waals surface area contributed by atoms with Gasteiger partial charge in [0, 0.05) is 11.6 Å². The molecule has 1 heterocycles. The Labute approximate surface area is 209 Å². The van der Waals surface area contributed by atoms with Gasteiger partial charge >= 0.3 is 6.18 Å². The molecule has 0 aliphatic carbocycles. The fourth-order valence-electron chi connectivity index (χ4n) is 3.44. The number of nitrogens with zero attached hydrogens (tertiary/aromatic N) is 2. The van der Waals surface area contributed by atoms with E-state index in [0.29, 0.717) is 16.7 Å². The molecule has 3 aromatic rings. The zero-order chi connectivity index (χ0) is 26.6. The molecule has 0 saturated carbocycles. The van der Waals surface area contributed by atoms with Gasteiger partial charge in [-0.05, 0) is 42.5 Å². The predicted molar refractivity (Wildman–Crippen MR) is 126 cm³/mol. The number of anilines is 1. The number of benzene rings is 3. The Balaban J connectivity index is 1.59. The highest BCUT2D eigenvalue weighted by atomic mass is 32.2. The maximum Gasteiger partial charge on any atom is 0.417 e. The first-order valence-electron chi connectivity index (χ1n) is 10.7. The standard InChI is InChI=1S/C24H19F4N3O5S/c25-17-5-7-18(8-6-17)31(37(33,34)19-9-10-21-22(13-19)36-12-11-35-21)15-23(32)30-29-14-16-3-1-2-4-20(16)24(26,27)28/h1-10,13-14H,11-12,15H2,(H,30,32)/b29-14-. The van der Waals surface area contributed by atoms with Gasteiger partial charge in [0.25, 0.3) is 15.9 Å². The lowest BCUT2D eigenvalue weighted by atomic mass is 10.1. The lowest BCUT2D eigenvalue weighted by molar-refractivity contribution is -0.137. The van der Waals surface area contributed by atoms with Crippen LogP contribution in [-0.4, -0.2) is 40.3 Å². The average Bonchev–Trinajstić information content (AvgIpc) is 2.87. The van der Waals surface area contributed by atoms with Gasteiger partial charge in [0.05, 0.1) is 22.4 Å². The van der Waals surface area contributed by atoms with Crippen LogP contribution in [0.2, 0.25) is 0 Å². The van der Waals surface area contributed by atoms with Crippen LogP contribution in [0.3, 0.4) is 0 Å². The molecular weight excluding hydrogens is 518 g/mol. The summed E-state index contributed by atoms with van der Waals surface area (Å²) in [6, 6.07) is 12.9. The predicted octanol–water partition coefficient (Wildman–Crippen LogP) is 3.96. The zero-order valence-electron chi connectivity index (χ0n) is 18.9. The topological polar surface area (TPSA) is 97.3 Å². The van der Waals surface area contributed by atoms with Crippen molar-refractivity contribution in [2.75, 3.05) is 24.1 Å². The number of hydrogen-bond acceptors (Lipinski definition) is 6. The fourth-order valence-corrected chi connectivity index (χ4v) is 4.88. The van der Waals surface area contributed by atoms with Crippen LogP contribution >= 0.6 is 0 Å². The molecule has 0 aromatic heterocycles. The van der Waals surface area contributed by atoms with E-state index >= 15 is 0 Å². The third-order valence-electron chi connectivity index (χ3n) is 5.16. The largest absolute Gasteiger partial charge is 0.486 e. The number of sulfonamides is 1. The normalized spacial score (nSPS) is 13.4. The molecule has 4 rings (SSSR count). The monoisotopic (exact) mass is 537 g/mol. The van der Waals surface area contributed by atoms with Gasteiger partial charge in [0.2, 0.25) is 0 Å². The van der Waals surface area contributed by atoms with Gasteiger partial charge in [0.15, 0.2) is 11.5 Å². The lowest BCUT2D eigenvalue weighted by Crippen LogP contribution is -2.39. The van der Waals surface area contributed by atoms with Gasteiger partial charge in [-0.1, -0.05) is 18.2 Å². The summed E-state index contributed by atoms with van der Waals surface area (Å²) in [7, 11) is -4.38. The van der Waals surface area contributed by atoms with Gasteiger partial charge in [-0.2, -0.15) is 18.3 Å². The summed E-state index contributed by atoms with van der Waals surface area (Å²) >= 11 is 0. The van der Waals surface area contributed by atoms with Crippen LogP contribution in [0.5, 0.6) is 11.5 Å². The third-order valence-corrected chi connectivity index (χ3v) is 6.93. The SMILES string of the molecule is O=C(CN(c1ccc(F)cc1)S(=O)(=O)c1ccc2c(c1)OCCO2)N/N=C\c1ccccc1C(F)(F)F. The number of ether oxygens (including phenoxy) is 2. The third kappa shape index (κ3) is 6.00. The van der Waals surface area contributed by atoms with Crippen molar-refractivity contribution in [2.45, 2.75) is 11.1 Å². The Bertz CT molecular complexity index is 1430. The highest BCUT2D eigenvalue weighted by Gasteiger charge is 2.32. The van der Waals surface area contributed by atoms with Crippen LogP contribution in [0.25, 0.3) is 0 Å². The van der Waals surface area contributed by atoms with Crippen molar-refractivity contribution >= 4 is 27.8 Å². The summed E-state index contributed by atoms with van der Waals surface area (Å²) in [4.78, 5) is 12.4. The molecule has 194 valence electrons. The Morgan fingerprint density at radius 2 is 1.68 bits per heavy atom. The minimum atomic E-state index is -4.64. The number of nitrogens with one attached hydrogen (secondary N) is 1. The Hall–Kier alpha value is -4.13. The molecule has 1 N–H and O–H groups in total. The van der Waals surface area contributed by atoms with Crippen LogP contribution in [0.4, 0.5) is 23.2 Å². The molecule has 3 aromatic carbocycles. The van der Waals surface area contributed by atoms with Gasteiger partial charge in [0.1, 0.15) is 25.6 Å². The summed E-state index contributed by atoms with van der Waals surface area (Å²) in [5.41, 5.74) is 0.750. The van der Waals surface area contributed by atoms with Crippen molar-refractivity contribution < 1.29 is 40.2 Å².